The fourth-order valence-electron chi connectivity index (χ4n) is 5.91. The van der Waals surface area contributed by atoms with Gasteiger partial charge >= 0.3 is 6.18 Å². The van der Waals surface area contributed by atoms with Crippen LogP contribution in [0.3, 0.4) is 0 Å². The summed E-state index contributed by atoms with van der Waals surface area (Å²) in [5, 5.41) is 23.7. The summed E-state index contributed by atoms with van der Waals surface area (Å²) in [5.74, 6) is -7.18. The average Bonchev–Trinajstić information content (AvgIpc) is 3.31. The molecule has 200 valence electrons. The van der Waals surface area contributed by atoms with Gasteiger partial charge in [0.05, 0.1) is 24.2 Å². The fraction of sp³-hybridized carbons (Fsp3) is 0.333. The summed E-state index contributed by atoms with van der Waals surface area (Å²) in [4.78, 5) is 19.0. The maximum atomic E-state index is 13.6. The van der Waals surface area contributed by atoms with Crippen molar-refractivity contribution in [2.24, 2.45) is 5.92 Å². The third kappa shape index (κ3) is 3.73. The van der Waals surface area contributed by atoms with Crippen LogP contribution in [0.1, 0.15) is 34.1 Å². The Morgan fingerprint density at radius 1 is 1.11 bits per heavy atom. The van der Waals surface area contributed by atoms with E-state index in [1.54, 1.807) is 30.3 Å². The molecule has 1 amide bonds. The van der Waals surface area contributed by atoms with Crippen LogP contribution in [-0.2, 0) is 16.6 Å². The van der Waals surface area contributed by atoms with Gasteiger partial charge in [-0.3, -0.25) is 4.79 Å². The van der Waals surface area contributed by atoms with Crippen LogP contribution in [0, 0.1) is 5.92 Å². The lowest BCUT2D eigenvalue weighted by atomic mass is 9.72. The summed E-state index contributed by atoms with van der Waals surface area (Å²) in [7, 11) is 4.28. The van der Waals surface area contributed by atoms with Crippen molar-refractivity contribution >= 4 is 17.5 Å². The van der Waals surface area contributed by atoms with Crippen LogP contribution in [0.25, 0.3) is 0 Å². The van der Waals surface area contributed by atoms with Crippen LogP contribution < -0.4 is 9.47 Å². The number of amides is 1. The molecule has 38 heavy (non-hydrogen) atoms. The number of methoxy groups -OCH3 is 1. The molecule has 7 nitrogen and oxygen atoms in total. The van der Waals surface area contributed by atoms with E-state index in [2.05, 4.69) is 4.98 Å². The fourth-order valence-corrected chi connectivity index (χ4v) is 6.09. The number of rotatable bonds is 4. The number of carbonyl (C=O) groups is 1. The Morgan fingerprint density at radius 2 is 1.74 bits per heavy atom. The molecule has 2 aliphatic rings. The summed E-state index contributed by atoms with van der Waals surface area (Å²) >= 11 is 6.19. The average molecular weight is 549 g/mol. The highest BCUT2D eigenvalue weighted by molar-refractivity contribution is 6.29. The van der Waals surface area contributed by atoms with Gasteiger partial charge in [0, 0.05) is 26.1 Å². The Bertz CT molecular complexity index is 1380. The Morgan fingerprint density at radius 3 is 2.29 bits per heavy atom. The van der Waals surface area contributed by atoms with Gasteiger partial charge in [0.25, 0.3) is 0 Å². The number of pyridine rings is 1. The molecule has 0 radical (unpaired) electrons. The van der Waals surface area contributed by atoms with Crippen molar-refractivity contribution in [2.75, 3.05) is 21.2 Å². The third-order valence-electron chi connectivity index (χ3n) is 7.35. The van der Waals surface area contributed by atoms with E-state index in [0.717, 1.165) is 12.1 Å². The molecule has 0 unspecified atom stereocenters. The molecular weight excluding hydrogens is 525 g/mol. The van der Waals surface area contributed by atoms with Crippen LogP contribution in [0.4, 0.5) is 13.2 Å². The van der Waals surface area contributed by atoms with E-state index >= 15 is 0 Å². The molecule has 1 aromatic heterocycles. The number of halogens is 4. The Kier molecular flexibility index (Phi) is 6.13. The van der Waals surface area contributed by atoms with Crippen LogP contribution in [0.2, 0.25) is 5.15 Å². The monoisotopic (exact) mass is 548 g/mol. The number of alkyl halides is 3. The summed E-state index contributed by atoms with van der Waals surface area (Å²) in [6.45, 7) is 0. The van der Waals surface area contributed by atoms with Crippen LogP contribution in [0.15, 0.2) is 60.7 Å². The molecule has 2 N–H and O–H groups in total. The zero-order valence-corrected chi connectivity index (χ0v) is 21.3. The molecule has 0 spiro atoms. The van der Waals surface area contributed by atoms with Gasteiger partial charge in [0.2, 0.25) is 11.8 Å². The Balaban J connectivity index is 1.87. The van der Waals surface area contributed by atoms with Gasteiger partial charge in [0.1, 0.15) is 16.8 Å². The van der Waals surface area contributed by atoms with Gasteiger partial charge in [-0.15, -0.1) is 0 Å². The maximum absolute atomic E-state index is 13.6. The molecule has 11 heteroatoms. The minimum Gasteiger partial charge on any atom is -0.481 e. The number of aromatic nitrogens is 1. The smallest absolute Gasteiger partial charge is 0.416 e. The first kappa shape index (κ1) is 26.3. The van der Waals surface area contributed by atoms with Crippen molar-refractivity contribution in [3.05, 3.63) is 88.1 Å². The second-order valence-electron chi connectivity index (χ2n) is 9.65. The number of aliphatic hydroxyl groups is 2. The largest absolute Gasteiger partial charge is 0.481 e. The third-order valence-corrected chi connectivity index (χ3v) is 7.54. The van der Waals surface area contributed by atoms with Gasteiger partial charge < -0.3 is 24.6 Å². The minimum atomic E-state index is -4.59. The number of carbonyl (C=O) groups excluding carboxylic acids is 1. The lowest BCUT2D eigenvalue weighted by Crippen LogP contribution is -2.47. The van der Waals surface area contributed by atoms with Crippen LogP contribution >= 0.6 is 11.6 Å². The van der Waals surface area contributed by atoms with Gasteiger partial charge in [-0.2, -0.15) is 13.2 Å². The van der Waals surface area contributed by atoms with E-state index in [0.29, 0.717) is 5.56 Å². The van der Waals surface area contributed by atoms with E-state index in [1.807, 2.05) is 0 Å². The number of hydrogen-bond donors (Lipinski definition) is 2. The summed E-state index contributed by atoms with van der Waals surface area (Å²) in [5.41, 5.74) is -1.75. The van der Waals surface area contributed by atoms with Crippen LogP contribution in [-0.4, -0.2) is 53.0 Å². The lowest BCUT2D eigenvalue weighted by Gasteiger charge is -2.37. The zero-order chi connectivity index (χ0) is 27.6. The number of nitrogens with zero attached hydrogens (tertiary/aromatic N) is 2. The van der Waals surface area contributed by atoms with Crippen molar-refractivity contribution in [3.63, 3.8) is 0 Å². The van der Waals surface area contributed by atoms with Crippen molar-refractivity contribution in [1.29, 1.82) is 0 Å². The number of hydrogen-bond acceptors (Lipinski definition) is 6. The Hall–Kier alpha value is -3.34. The van der Waals surface area contributed by atoms with Crippen LogP contribution in [0.5, 0.6) is 11.6 Å². The van der Waals surface area contributed by atoms with Crippen molar-refractivity contribution in [3.8, 4) is 11.6 Å². The van der Waals surface area contributed by atoms with Crippen molar-refractivity contribution < 1.29 is 37.7 Å². The van der Waals surface area contributed by atoms with Gasteiger partial charge in [-0.25, -0.2) is 4.98 Å². The molecule has 1 aliphatic carbocycles. The summed E-state index contributed by atoms with van der Waals surface area (Å²) in [6.07, 6.45) is -4.59. The normalized spacial score (nSPS) is 25.3. The lowest BCUT2D eigenvalue weighted by molar-refractivity contribution is -0.206. The van der Waals surface area contributed by atoms with E-state index in [4.69, 9.17) is 21.1 Å². The second-order valence-corrected chi connectivity index (χ2v) is 10.0. The molecule has 0 saturated heterocycles. The molecule has 1 saturated carbocycles. The predicted molar refractivity (Wildman–Crippen MR) is 131 cm³/mol. The first-order chi connectivity index (χ1) is 17.8. The predicted octanol–water partition coefficient (Wildman–Crippen LogP) is 4.32. The number of ether oxygens (including phenoxy) is 2. The number of benzene rings is 2. The summed E-state index contributed by atoms with van der Waals surface area (Å²) < 4.78 is 52.3. The van der Waals surface area contributed by atoms with Gasteiger partial charge in [-0.05, 0) is 23.3 Å². The molecule has 4 atom stereocenters. The molecule has 3 aromatic rings. The zero-order valence-electron chi connectivity index (χ0n) is 20.5. The SMILES string of the molecule is COc1nc(Cl)cc2c1[C@@H]1C(O)(O)[C@H](C(=O)N(C)C)[C@@H](c3ccccc3)[C@@]1(c1ccc(C(F)(F)F)cc1)O2. The minimum absolute atomic E-state index is 0.00167. The second kappa shape index (κ2) is 8.86. The highest BCUT2D eigenvalue weighted by atomic mass is 35.5. The molecule has 2 aromatic carbocycles. The maximum Gasteiger partial charge on any atom is 0.416 e. The van der Waals surface area contributed by atoms with Crippen molar-refractivity contribution in [2.45, 2.75) is 29.4 Å². The quantitative estimate of drug-likeness (QED) is 0.373. The highest BCUT2D eigenvalue weighted by Crippen LogP contribution is 2.70. The number of fused-ring (bicyclic) bond motifs is 3. The molecular formula is C27H24ClF3N2O5. The van der Waals surface area contributed by atoms with E-state index in [9.17, 15) is 28.2 Å². The first-order valence-corrected chi connectivity index (χ1v) is 12.0. The van der Waals surface area contributed by atoms with E-state index in [1.165, 1.54) is 44.3 Å². The molecule has 1 aliphatic heterocycles. The standard InChI is InChI=1S/C27H24ClF3N2O5/c1-33(2)24(34)21-20(14-7-5-4-6-8-14)25(15-9-11-16(12-10-15)27(29,30)31)22(26(21,35)36)19-17(38-25)13-18(28)32-23(19)37-3/h4-13,20-22,35-36H,1-3H3/t20-,21+,22+,25-/m1/s1. The molecule has 1 fully saturated rings. The summed E-state index contributed by atoms with van der Waals surface area (Å²) in [6, 6.07) is 14.3. The van der Waals surface area contributed by atoms with E-state index in [-0.39, 0.29) is 27.9 Å². The Labute approximate surface area is 221 Å². The molecule has 2 heterocycles. The molecule has 5 rings (SSSR count). The first-order valence-electron chi connectivity index (χ1n) is 11.7. The molecule has 0 bridgehead atoms. The topological polar surface area (TPSA) is 92.1 Å². The van der Waals surface area contributed by atoms with Gasteiger partial charge in [0.15, 0.2) is 11.4 Å². The van der Waals surface area contributed by atoms with E-state index < -0.39 is 46.8 Å². The highest BCUT2D eigenvalue weighted by Gasteiger charge is 2.76. The van der Waals surface area contributed by atoms with Crippen molar-refractivity contribution in [1.82, 2.24) is 9.88 Å². The van der Waals surface area contributed by atoms with Gasteiger partial charge in [-0.1, -0.05) is 54.1 Å².